The van der Waals surface area contributed by atoms with Crippen LogP contribution in [0.3, 0.4) is 0 Å². The molecule has 1 aromatic carbocycles. The van der Waals surface area contributed by atoms with E-state index in [0.717, 1.165) is 58.3 Å². The maximum atomic E-state index is 12.5. The highest BCUT2D eigenvalue weighted by Crippen LogP contribution is 2.37. The molecule has 2 amide bonds. The van der Waals surface area contributed by atoms with Crippen LogP contribution in [0.1, 0.15) is 32.1 Å². The van der Waals surface area contributed by atoms with Crippen molar-refractivity contribution in [1.29, 1.82) is 0 Å². The molecular formula is C21H28ClN3O4. The van der Waals surface area contributed by atoms with Crippen LogP contribution in [0.5, 0.6) is 11.5 Å². The van der Waals surface area contributed by atoms with Crippen molar-refractivity contribution in [1.82, 2.24) is 9.80 Å². The zero-order valence-corrected chi connectivity index (χ0v) is 17.4. The van der Waals surface area contributed by atoms with Gasteiger partial charge in [0, 0.05) is 37.6 Å². The Labute approximate surface area is 176 Å². The molecule has 0 aliphatic carbocycles. The summed E-state index contributed by atoms with van der Waals surface area (Å²) in [7, 11) is 0. The van der Waals surface area contributed by atoms with Gasteiger partial charge < -0.3 is 19.7 Å². The summed E-state index contributed by atoms with van der Waals surface area (Å²) in [5, 5.41) is 3.31. The fourth-order valence-corrected chi connectivity index (χ4v) is 4.41. The standard InChI is InChI=1S/C21H28ClN3O4/c22-16-12-18-19(29-11-3-10-28-18)13-17(16)23-20(26)14-24-8-4-15(5-9-24)21(27)25-6-1-2-7-25/h12-13,15H,1-11,14H2,(H,23,26). The third-order valence-corrected chi connectivity index (χ3v) is 6.15. The fourth-order valence-electron chi connectivity index (χ4n) is 4.21. The Hall–Kier alpha value is -1.99. The number of rotatable bonds is 4. The zero-order chi connectivity index (χ0) is 20.2. The van der Waals surface area contributed by atoms with Crippen LogP contribution in [0.4, 0.5) is 5.69 Å². The van der Waals surface area contributed by atoms with Gasteiger partial charge in [0.1, 0.15) is 0 Å². The Morgan fingerprint density at radius 3 is 2.34 bits per heavy atom. The van der Waals surface area contributed by atoms with Crippen LogP contribution in [0.25, 0.3) is 0 Å². The summed E-state index contributed by atoms with van der Waals surface area (Å²) < 4.78 is 11.3. The molecule has 3 heterocycles. The van der Waals surface area contributed by atoms with E-state index in [1.165, 1.54) is 0 Å². The van der Waals surface area contributed by atoms with Crippen molar-refractivity contribution in [3.05, 3.63) is 17.2 Å². The van der Waals surface area contributed by atoms with Crippen molar-refractivity contribution in [3.8, 4) is 11.5 Å². The normalized spacial score (nSPS) is 20.4. The van der Waals surface area contributed by atoms with Gasteiger partial charge in [0.25, 0.3) is 0 Å². The summed E-state index contributed by atoms with van der Waals surface area (Å²) in [4.78, 5) is 29.2. The third kappa shape index (κ3) is 4.95. The molecule has 3 aliphatic rings. The number of nitrogens with zero attached hydrogens (tertiary/aromatic N) is 2. The number of hydrogen-bond acceptors (Lipinski definition) is 5. The lowest BCUT2D eigenvalue weighted by atomic mass is 9.95. The monoisotopic (exact) mass is 421 g/mol. The molecule has 0 unspecified atom stereocenters. The van der Waals surface area contributed by atoms with Gasteiger partial charge >= 0.3 is 0 Å². The molecule has 1 aromatic rings. The first kappa shape index (κ1) is 20.3. The summed E-state index contributed by atoms with van der Waals surface area (Å²) in [5.74, 6) is 1.48. The average molecular weight is 422 g/mol. The molecule has 0 spiro atoms. The lowest BCUT2D eigenvalue weighted by molar-refractivity contribution is -0.136. The van der Waals surface area contributed by atoms with E-state index in [1.54, 1.807) is 12.1 Å². The molecule has 0 aromatic heterocycles. The number of benzene rings is 1. The Morgan fingerprint density at radius 1 is 1.00 bits per heavy atom. The van der Waals surface area contributed by atoms with E-state index < -0.39 is 0 Å². The number of amides is 2. The predicted octanol–water partition coefficient (Wildman–Crippen LogP) is 2.77. The van der Waals surface area contributed by atoms with E-state index in [4.69, 9.17) is 21.1 Å². The number of anilines is 1. The highest BCUT2D eigenvalue weighted by Gasteiger charge is 2.30. The number of fused-ring (bicyclic) bond motifs is 1. The summed E-state index contributed by atoms with van der Waals surface area (Å²) >= 11 is 6.31. The van der Waals surface area contributed by atoms with E-state index >= 15 is 0 Å². The molecular weight excluding hydrogens is 394 g/mol. The Balaban J connectivity index is 1.28. The molecule has 1 N–H and O–H groups in total. The molecule has 4 rings (SSSR count). The van der Waals surface area contributed by atoms with Crippen LogP contribution in [-0.4, -0.2) is 67.6 Å². The molecule has 0 bridgehead atoms. The summed E-state index contributed by atoms with van der Waals surface area (Å²) in [5.41, 5.74) is 0.528. The lowest BCUT2D eigenvalue weighted by Gasteiger charge is -2.32. The minimum absolute atomic E-state index is 0.101. The SMILES string of the molecule is O=C(CN1CCC(C(=O)N2CCCC2)CC1)Nc1cc2c(cc1Cl)OCCCO2. The molecule has 8 heteroatoms. The van der Waals surface area contributed by atoms with E-state index in [9.17, 15) is 9.59 Å². The van der Waals surface area contributed by atoms with E-state index in [1.807, 2.05) is 4.90 Å². The van der Waals surface area contributed by atoms with Crippen molar-refractivity contribution < 1.29 is 19.1 Å². The van der Waals surface area contributed by atoms with Crippen LogP contribution < -0.4 is 14.8 Å². The third-order valence-electron chi connectivity index (χ3n) is 5.83. The average Bonchev–Trinajstić information content (AvgIpc) is 3.16. The Bertz CT molecular complexity index is 759. The number of likely N-dealkylation sites (tertiary alicyclic amines) is 2. The molecule has 29 heavy (non-hydrogen) atoms. The van der Waals surface area contributed by atoms with Gasteiger partial charge in [-0.25, -0.2) is 0 Å². The summed E-state index contributed by atoms with van der Waals surface area (Å²) in [6, 6.07) is 3.41. The molecule has 0 radical (unpaired) electrons. The van der Waals surface area contributed by atoms with Gasteiger partial charge in [0.15, 0.2) is 11.5 Å². The molecule has 3 aliphatic heterocycles. The van der Waals surface area contributed by atoms with Crippen LogP contribution in [0, 0.1) is 5.92 Å². The number of halogens is 1. The molecule has 0 atom stereocenters. The van der Waals surface area contributed by atoms with Crippen molar-refractivity contribution in [2.75, 3.05) is 51.3 Å². The second-order valence-corrected chi connectivity index (χ2v) is 8.37. The lowest BCUT2D eigenvalue weighted by Crippen LogP contribution is -2.43. The van der Waals surface area contributed by atoms with E-state index in [0.29, 0.717) is 41.3 Å². The second-order valence-electron chi connectivity index (χ2n) is 7.96. The highest BCUT2D eigenvalue weighted by atomic mass is 35.5. The maximum Gasteiger partial charge on any atom is 0.238 e. The zero-order valence-electron chi connectivity index (χ0n) is 16.6. The van der Waals surface area contributed by atoms with Crippen molar-refractivity contribution in [3.63, 3.8) is 0 Å². The van der Waals surface area contributed by atoms with Gasteiger partial charge in [0.2, 0.25) is 11.8 Å². The van der Waals surface area contributed by atoms with Gasteiger partial charge in [-0.2, -0.15) is 0 Å². The molecule has 2 saturated heterocycles. The Kier molecular flexibility index (Phi) is 6.45. The first-order chi connectivity index (χ1) is 14.1. The van der Waals surface area contributed by atoms with Crippen LogP contribution >= 0.6 is 11.6 Å². The summed E-state index contributed by atoms with van der Waals surface area (Å²) in [6.07, 6.45) is 4.67. The van der Waals surface area contributed by atoms with Crippen LogP contribution in [-0.2, 0) is 9.59 Å². The largest absolute Gasteiger partial charge is 0.490 e. The molecule has 7 nitrogen and oxygen atoms in total. The van der Waals surface area contributed by atoms with E-state index in [2.05, 4.69) is 10.2 Å². The van der Waals surface area contributed by atoms with Crippen molar-refractivity contribution in [2.24, 2.45) is 5.92 Å². The fraction of sp³-hybridized carbons (Fsp3) is 0.619. The van der Waals surface area contributed by atoms with E-state index in [-0.39, 0.29) is 18.4 Å². The number of carbonyl (C=O) groups excluding carboxylic acids is 2. The van der Waals surface area contributed by atoms with Gasteiger partial charge in [-0.05, 0) is 38.8 Å². The number of piperidine rings is 1. The second kappa shape index (κ2) is 9.22. The number of ether oxygens (including phenoxy) is 2. The van der Waals surface area contributed by atoms with Crippen LogP contribution in [0.15, 0.2) is 12.1 Å². The number of hydrogen-bond donors (Lipinski definition) is 1. The summed E-state index contributed by atoms with van der Waals surface area (Å²) in [6.45, 7) is 4.77. The first-order valence-corrected chi connectivity index (χ1v) is 10.9. The smallest absolute Gasteiger partial charge is 0.238 e. The van der Waals surface area contributed by atoms with Gasteiger partial charge in [-0.1, -0.05) is 11.6 Å². The molecule has 158 valence electrons. The first-order valence-electron chi connectivity index (χ1n) is 10.5. The van der Waals surface area contributed by atoms with Crippen LogP contribution in [0.2, 0.25) is 5.02 Å². The minimum atomic E-state index is -0.120. The molecule has 2 fully saturated rings. The van der Waals surface area contributed by atoms with Gasteiger partial charge in [0.05, 0.1) is 30.5 Å². The predicted molar refractivity (Wildman–Crippen MR) is 111 cm³/mol. The molecule has 0 saturated carbocycles. The van der Waals surface area contributed by atoms with Crippen molar-refractivity contribution in [2.45, 2.75) is 32.1 Å². The van der Waals surface area contributed by atoms with Gasteiger partial charge in [-0.15, -0.1) is 0 Å². The minimum Gasteiger partial charge on any atom is -0.490 e. The van der Waals surface area contributed by atoms with Gasteiger partial charge in [-0.3, -0.25) is 14.5 Å². The van der Waals surface area contributed by atoms with Crippen molar-refractivity contribution >= 4 is 29.1 Å². The number of nitrogens with one attached hydrogen (secondary N) is 1. The Morgan fingerprint density at radius 2 is 1.66 bits per heavy atom. The highest BCUT2D eigenvalue weighted by molar-refractivity contribution is 6.34. The quantitative estimate of drug-likeness (QED) is 0.809. The topological polar surface area (TPSA) is 71.1 Å². The maximum absolute atomic E-state index is 12.5. The number of carbonyl (C=O) groups is 2.